The van der Waals surface area contributed by atoms with E-state index in [-0.39, 0.29) is 5.82 Å². The maximum Gasteiger partial charge on any atom is 0.165 e. The van der Waals surface area contributed by atoms with Crippen molar-refractivity contribution in [2.24, 2.45) is 0 Å². The lowest BCUT2D eigenvalue weighted by Crippen LogP contribution is -2.04. The molecule has 0 amide bonds. The minimum absolute atomic E-state index is 0.296. The highest BCUT2D eigenvalue weighted by Crippen LogP contribution is 2.15. The molecule has 20 heavy (non-hydrogen) atoms. The fourth-order valence-electron chi connectivity index (χ4n) is 2.19. The number of hydrogen-bond acceptors (Lipinski definition) is 2. The van der Waals surface area contributed by atoms with Crippen LogP contribution in [0.2, 0.25) is 0 Å². The second-order valence-electron chi connectivity index (χ2n) is 4.99. The highest BCUT2D eigenvalue weighted by molar-refractivity contribution is 5.23. The Morgan fingerprint density at radius 3 is 2.65 bits per heavy atom. The molecule has 0 aliphatic heterocycles. The zero-order valence-electron chi connectivity index (χ0n) is 12.1. The molecule has 0 radical (unpaired) electrons. The highest BCUT2D eigenvalue weighted by Gasteiger charge is 2.02. The zero-order chi connectivity index (χ0) is 14.4. The lowest BCUT2D eigenvalue weighted by Gasteiger charge is -2.07. The molecule has 2 rings (SSSR count). The quantitative estimate of drug-likeness (QED) is 0.717. The summed E-state index contributed by atoms with van der Waals surface area (Å²) in [6.45, 7) is 5.56. The van der Waals surface area contributed by atoms with Crippen molar-refractivity contribution < 1.29 is 9.13 Å². The Balaban J connectivity index is 1.63. The van der Waals surface area contributed by atoms with Crippen LogP contribution in [0.5, 0.6) is 5.75 Å². The van der Waals surface area contributed by atoms with E-state index >= 15 is 0 Å². The van der Waals surface area contributed by atoms with Gasteiger partial charge in [0.05, 0.1) is 12.3 Å². The number of unbranched alkanes of at least 4 members (excludes halogenated alkanes) is 2. The summed E-state index contributed by atoms with van der Waals surface area (Å²) in [5.74, 6) is 0.0428. The van der Waals surface area contributed by atoms with Gasteiger partial charge in [0, 0.05) is 12.2 Å². The van der Waals surface area contributed by atoms with Crippen LogP contribution in [0.25, 0.3) is 0 Å². The molecular formula is C16H21FN2O. The first-order valence-corrected chi connectivity index (χ1v) is 7.05. The number of rotatable bonds is 7. The Hall–Kier alpha value is -1.84. The number of halogens is 1. The number of para-hydroxylation sites is 1. The van der Waals surface area contributed by atoms with Crippen LogP contribution in [-0.2, 0) is 6.54 Å². The Morgan fingerprint density at radius 2 is 1.95 bits per heavy atom. The molecule has 1 heterocycles. The molecule has 1 aromatic heterocycles. The molecule has 0 bridgehead atoms. The molecule has 0 unspecified atom stereocenters. The van der Waals surface area contributed by atoms with Crippen molar-refractivity contribution in [2.75, 3.05) is 6.61 Å². The summed E-state index contributed by atoms with van der Waals surface area (Å²) in [4.78, 5) is 0. The molecule has 0 saturated carbocycles. The van der Waals surface area contributed by atoms with Crippen LogP contribution in [-0.4, -0.2) is 16.4 Å². The Bertz CT molecular complexity index is 551. The Labute approximate surface area is 119 Å². The van der Waals surface area contributed by atoms with Crippen LogP contribution in [0.15, 0.2) is 30.3 Å². The number of benzene rings is 1. The van der Waals surface area contributed by atoms with Crippen LogP contribution >= 0.6 is 0 Å². The van der Waals surface area contributed by atoms with E-state index in [0.29, 0.717) is 12.4 Å². The molecule has 0 aliphatic rings. The van der Waals surface area contributed by atoms with Crippen LogP contribution in [0.1, 0.15) is 30.7 Å². The lowest BCUT2D eigenvalue weighted by atomic mass is 10.2. The monoisotopic (exact) mass is 276 g/mol. The van der Waals surface area contributed by atoms with Crippen LogP contribution < -0.4 is 4.74 Å². The minimum atomic E-state index is -0.296. The third kappa shape index (κ3) is 4.08. The number of nitrogens with zero attached hydrogens (tertiary/aromatic N) is 2. The van der Waals surface area contributed by atoms with Gasteiger partial charge in [-0.3, -0.25) is 4.68 Å². The SMILES string of the molecule is Cc1cc(C)n(CCCCCOc2ccccc2F)n1. The second-order valence-corrected chi connectivity index (χ2v) is 4.99. The van der Waals surface area contributed by atoms with Gasteiger partial charge >= 0.3 is 0 Å². The highest BCUT2D eigenvalue weighted by atomic mass is 19.1. The molecule has 4 heteroatoms. The molecule has 1 aromatic carbocycles. The van der Waals surface area contributed by atoms with E-state index in [1.165, 1.54) is 11.8 Å². The van der Waals surface area contributed by atoms with Crippen LogP contribution in [0.4, 0.5) is 4.39 Å². The first-order chi connectivity index (χ1) is 9.66. The zero-order valence-corrected chi connectivity index (χ0v) is 12.1. The molecule has 2 aromatic rings. The smallest absolute Gasteiger partial charge is 0.165 e. The maximum absolute atomic E-state index is 13.3. The average molecular weight is 276 g/mol. The Kier molecular flexibility index (Phi) is 5.16. The Morgan fingerprint density at radius 1 is 1.15 bits per heavy atom. The number of aromatic nitrogens is 2. The lowest BCUT2D eigenvalue weighted by molar-refractivity contribution is 0.289. The molecule has 3 nitrogen and oxygen atoms in total. The third-order valence-electron chi connectivity index (χ3n) is 3.21. The van der Waals surface area contributed by atoms with E-state index in [0.717, 1.165) is 31.5 Å². The van der Waals surface area contributed by atoms with Crippen molar-refractivity contribution in [2.45, 2.75) is 39.7 Å². The summed E-state index contributed by atoms with van der Waals surface area (Å²) < 4.78 is 20.8. The molecule has 108 valence electrons. The van der Waals surface area contributed by atoms with Gasteiger partial charge < -0.3 is 4.74 Å². The van der Waals surface area contributed by atoms with Crippen molar-refractivity contribution in [3.05, 3.63) is 47.5 Å². The van der Waals surface area contributed by atoms with Gasteiger partial charge in [0.2, 0.25) is 0 Å². The van der Waals surface area contributed by atoms with E-state index in [4.69, 9.17) is 4.74 Å². The van der Waals surface area contributed by atoms with E-state index in [1.807, 2.05) is 11.6 Å². The van der Waals surface area contributed by atoms with E-state index in [9.17, 15) is 4.39 Å². The number of aryl methyl sites for hydroxylation is 3. The summed E-state index contributed by atoms with van der Waals surface area (Å²) in [7, 11) is 0. The van der Waals surface area contributed by atoms with Crippen molar-refractivity contribution in [1.82, 2.24) is 9.78 Å². The van der Waals surface area contributed by atoms with Gasteiger partial charge in [-0.15, -0.1) is 0 Å². The number of ether oxygens (including phenoxy) is 1. The topological polar surface area (TPSA) is 27.1 Å². The van der Waals surface area contributed by atoms with Gasteiger partial charge in [-0.05, 0) is 51.3 Å². The molecule has 0 atom stereocenters. The molecular weight excluding hydrogens is 255 g/mol. The van der Waals surface area contributed by atoms with Crippen LogP contribution in [0.3, 0.4) is 0 Å². The molecule has 0 saturated heterocycles. The molecule has 0 N–H and O–H groups in total. The maximum atomic E-state index is 13.3. The van der Waals surface area contributed by atoms with Gasteiger partial charge in [-0.1, -0.05) is 12.1 Å². The molecule has 0 aliphatic carbocycles. The van der Waals surface area contributed by atoms with Crippen molar-refractivity contribution in [1.29, 1.82) is 0 Å². The summed E-state index contributed by atoms with van der Waals surface area (Å²) in [6, 6.07) is 8.60. The third-order valence-corrected chi connectivity index (χ3v) is 3.21. The fraction of sp³-hybridized carbons (Fsp3) is 0.438. The van der Waals surface area contributed by atoms with E-state index < -0.39 is 0 Å². The van der Waals surface area contributed by atoms with Crippen molar-refractivity contribution in [3.8, 4) is 5.75 Å². The number of hydrogen-bond donors (Lipinski definition) is 0. The summed E-state index contributed by atoms with van der Waals surface area (Å²) in [5, 5.41) is 4.42. The van der Waals surface area contributed by atoms with Gasteiger partial charge in [-0.2, -0.15) is 5.10 Å². The summed E-state index contributed by atoms with van der Waals surface area (Å²) in [5.41, 5.74) is 2.26. The average Bonchev–Trinajstić information content (AvgIpc) is 2.74. The van der Waals surface area contributed by atoms with Gasteiger partial charge in [0.25, 0.3) is 0 Å². The largest absolute Gasteiger partial charge is 0.491 e. The predicted molar refractivity (Wildman–Crippen MR) is 77.4 cm³/mol. The molecule has 0 spiro atoms. The second kappa shape index (κ2) is 7.08. The fourth-order valence-corrected chi connectivity index (χ4v) is 2.19. The first-order valence-electron chi connectivity index (χ1n) is 7.05. The predicted octanol–water partition coefficient (Wildman–Crippen LogP) is 3.89. The van der Waals surface area contributed by atoms with Crippen molar-refractivity contribution >= 4 is 0 Å². The van der Waals surface area contributed by atoms with E-state index in [1.54, 1.807) is 18.2 Å². The van der Waals surface area contributed by atoms with Gasteiger partial charge in [0.15, 0.2) is 11.6 Å². The van der Waals surface area contributed by atoms with Crippen LogP contribution in [0, 0.1) is 19.7 Å². The first kappa shape index (κ1) is 14.6. The van der Waals surface area contributed by atoms with Gasteiger partial charge in [-0.25, -0.2) is 4.39 Å². The molecule has 0 fully saturated rings. The minimum Gasteiger partial charge on any atom is -0.491 e. The summed E-state index contributed by atoms with van der Waals surface area (Å²) >= 11 is 0. The van der Waals surface area contributed by atoms with E-state index in [2.05, 4.69) is 18.1 Å². The van der Waals surface area contributed by atoms with Crippen molar-refractivity contribution in [3.63, 3.8) is 0 Å². The standard InChI is InChI=1S/C16H21FN2O/c1-13-12-14(2)19(18-13)10-6-3-7-11-20-16-9-5-4-8-15(16)17/h4-5,8-9,12H,3,6-7,10-11H2,1-2H3. The summed E-state index contributed by atoms with van der Waals surface area (Å²) in [6.07, 6.45) is 3.03. The normalized spacial score (nSPS) is 10.8. The van der Waals surface area contributed by atoms with Gasteiger partial charge in [0.1, 0.15) is 0 Å².